The Morgan fingerprint density at radius 2 is 2.05 bits per heavy atom. The number of benzene rings is 1. The molecule has 0 radical (unpaired) electrons. The van der Waals surface area contributed by atoms with Gasteiger partial charge in [-0.2, -0.15) is 0 Å². The van der Waals surface area contributed by atoms with Gasteiger partial charge < -0.3 is 10.6 Å². The highest BCUT2D eigenvalue weighted by atomic mass is 16.2. The van der Waals surface area contributed by atoms with Crippen LogP contribution in [-0.2, 0) is 11.2 Å². The number of nitrogens with one attached hydrogen (secondary N) is 2. The number of pyridine rings is 1. The molecular weight excluding hydrogens is 238 g/mol. The molecule has 1 unspecified atom stereocenters. The lowest BCUT2D eigenvalue weighted by molar-refractivity contribution is -0.119. The Morgan fingerprint density at radius 1 is 1.21 bits per heavy atom. The molecule has 96 valence electrons. The lowest BCUT2D eigenvalue weighted by Gasteiger charge is -2.25. The third kappa shape index (κ3) is 2.57. The predicted molar refractivity (Wildman–Crippen MR) is 75.0 cm³/mol. The summed E-state index contributed by atoms with van der Waals surface area (Å²) in [5.74, 6) is 0.559. The maximum absolute atomic E-state index is 12.2. The Bertz CT molecular complexity index is 583. The zero-order valence-electron chi connectivity index (χ0n) is 10.5. The first-order valence-electron chi connectivity index (χ1n) is 6.36. The van der Waals surface area contributed by atoms with E-state index in [9.17, 15) is 4.79 Å². The number of nitrogens with zero attached hydrogens (tertiary/aromatic N) is 1. The third-order valence-electron chi connectivity index (χ3n) is 3.31. The number of carbonyl (C=O) groups excluding carboxylic acids is 1. The Morgan fingerprint density at radius 3 is 2.89 bits per heavy atom. The van der Waals surface area contributed by atoms with Crippen molar-refractivity contribution in [3.63, 3.8) is 0 Å². The minimum Gasteiger partial charge on any atom is -0.384 e. The van der Waals surface area contributed by atoms with Gasteiger partial charge in [-0.1, -0.05) is 24.3 Å². The molecular formula is C15H15N3O. The fraction of sp³-hybridized carbons (Fsp3) is 0.200. The molecule has 1 amide bonds. The molecule has 4 heteroatoms. The van der Waals surface area contributed by atoms with E-state index in [4.69, 9.17) is 0 Å². The van der Waals surface area contributed by atoms with Gasteiger partial charge in [0.15, 0.2) is 0 Å². The van der Waals surface area contributed by atoms with E-state index in [1.54, 1.807) is 12.3 Å². The van der Waals surface area contributed by atoms with Crippen molar-refractivity contribution in [2.45, 2.75) is 6.42 Å². The van der Waals surface area contributed by atoms with Gasteiger partial charge in [0.05, 0.1) is 5.92 Å². The first-order valence-corrected chi connectivity index (χ1v) is 6.36. The van der Waals surface area contributed by atoms with Crippen molar-refractivity contribution in [1.82, 2.24) is 4.98 Å². The number of rotatable bonds is 2. The van der Waals surface area contributed by atoms with Crippen LogP contribution in [0, 0.1) is 5.92 Å². The van der Waals surface area contributed by atoms with E-state index in [-0.39, 0.29) is 11.8 Å². The first kappa shape index (κ1) is 11.7. The standard InChI is InChI=1S/C15H15N3O/c19-15(18-14-7-3-4-8-16-14)12-9-11-5-1-2-6-13(11)17-10-12/h1-8,12,17H,9-10H2,(H,16,18,19). The molecule has 3 rings (SSSR count). The van der Waals surface area contributed by atoms with Crippen molar-refractivity contribution < 1.29 is 4.79 Å². The van der Waals surface area contributed by atoms with Crippen LogP contribution in [0.15, 0.2) is 48.7 Å². The largest absolute Gasteiger partial charge is 0.384 e. The van der Waals surface area contributed by atoms with Crippen molar-refractivity contribution in [1.29, 1.82) is 0 Å². The Kier molecular flexibility index (Phi) is 3.14. The number of anilines is 2. The molecule has 2 N–H and O–H groups in total. The average Bonchev–Trinajstić information content (AvgIpc) is 2.48. The smallest absolute Gasteiger partial charge is 0.230 e. The fourth-order valence-electron chi connectivity index (χ4n) is 2.29. The molecule has 1 aromatic carbocycles. The monoisotopic (exact) mass is 253 g/mol. The molecule has 0 fully saturated rings. The molecule has 19 heavy (non-hydrogen) atoms. The number of hydrogen-bond donors (Lipinski definition) is 2. The minimum atomic E-state index is -0.0584. The molecule has 1 atom stereocenters. The summed E-state index contributed by atoms with van der Waals surface area (Å²) in [6.45, 7) is 0.662. The lowest BCUT2D eigenvalue weighted by atomic mass is 9.93. The van der Waals surface area contributed by atoms with Crippen molar-refractivity contribution in [3.8, 4) is 0 Å². The second-order valence-electron chi connectivity index (χ2n) is 4.64. The first-order chi connectivity index (χ1) is 9.33. The van der Waals surface area contributed by atoms with E-state index in [2.05, 4.69) is 21.7 Å². The average molecular weight is 253 g/mol. The van der Waals surface area contributed by atoms with Crippen molar-refractivity contribution >= 4 is 17.4 Å². The van der Waals surface area contributed by atoms with Crippen LogP contribution in [-0.4, -0.2) is 17.4 Å². The summed E-state index contributed by atoms with van der Waals surface area (Å²) < 4.78 is 0. The highest BCUT2D eigenvalue weighted by molar-refractivity contribution is 5.92. The number of para-hydroxylation sites is 1. The van der Waals surface area contributed by atoms with E-state index in [0.717, 1.165) is 12.1 Å². The SMILES string of the molecule is O=C(Nc1ccccn1)C1CNc2ccccc2C1. The topological polar surface area (TPSA) is 54.0 Å². The van der Waals surface area contributed by atoms with Gasteiger partial charge in [-0.3, -0.25) is 4.79 Å². The van der Waals surface area contributed by atoms with Crippen LogP contribution in [0.5, 0.6) is 0 Å². The number of fused-ring (bicyclic) bond motifs is 1. The second kappa shape index (κ2) is 5.10. The Labute approximate surface area is 111 Å². The summed E-state index contributed by atoms with van der Waals surface area (Å²) in [6.07, 6.45) is 2.44. The van der Waals surface area contributed by atoms with E-state index in [1.165, 1.54) is 5.56 Å². The zero-order valence-corrected chi connectivity index (χ0v) is 10.5. The molecule has 1 aliphatic heterocycles. The molecule has 0 aliphatic carbocycles. The number of hydrogen-bond acceptors (Lipinski definition) is 3. The summed E-state index contributed by atoms with van der Waals surface area (Å²) in [5, 5.41) is 6.15. The molecule has 0 spiro atoms. The summed E-state index contributed by atoms with van der Waals surface area (Å²) >= 11 is 0. The molecule has 4 nitrogen and oxygen atoms in total. The van der Waals surface area contributed by atoms with Gasteiger partial charge in [-0.15, -0.1) is 0 Å². The Hall–Kier alpha value is -2.36. The van der Waals surface area contributed by atoms with Crippen LogP contribution < -0.4 is 10.6 Å². The van der Waals surface area contributed by atoms with Gasteiger partial charge in [0.1, 0.15) is 5.82 Å². The maximum Gasteiger partial charge on any atom is 0.230 e. The number of aromatic nitrogens is 1. The van der Waals surface area contributed by atoms with Gasteiger partial charge in [0.2, 0.25) is 5.91 Å². The van der Waals surface area contributed by atoms with Gasteiger partial charge in [-0.25, -0.2) is 4.98 Å². The lowest BCUT2D eigenvalue weighted by Crippen LogP contribution is -2.33. The fourth-order valence-corrected chi connectivity index (χ4v) is 2.29. The molecule has 1 aliphatic rings. The van der Waals surface area contributed by atoms with Crippen LogP contribution >= 0.6 is 0 Å². The van der Waals surface area contributed by atoms with E-state index in [1.807, 2.05) is 30.3 Å². The molecule has 2 aromatic rings. The van der Waals surface area contributed by atoms with E-state index in [0.29, 0.717) is 12.4 Å². The highest BCUT2D eigenvalue weighted by Crippen LogP contribution is 2.24. The third-order valence-corrected chi connectivity index (χ3v) is 3.31. The minimum absolute atomic E-state index is 0.0145. The number of carbonyl (C=O) groups is 1. The van der Waals surface area contributed by atoms with Gasteiger partial charge >= 0.3 is 0 Å². The number of amides is 1. The molecule has 1 aromatic heterocycles. The van der Waals surface area contributed by atoms with Crippen LogP contribution in [0.25, 0.3) is 0 Å². The predicted octanol–water partition coefficient (Wildman–Crippen LogP) is 2.30. The van der Waals surface area contributed by atoms with Crippen molar-refractivity contribution in [3.05, 3.63) is 54.2 Å². The van der Waals surface area contributed by atoms with Crippen LogP contribution in [0.3, 0.4) is 0 Å². The second-order valence-corrected chi connectivity index (χ2v) is 4.64. The normalized spacial score (nSPS) is 17.2. The van der Waals surface area contributed by atoms with E-state index < -0.39 is 0 Å². The molecule has 0 saturated carbocycles. The summed E-state index contributed by atoms with van der Waals surface area (Å²) in [6, 6.07) is 13.6. The summed E-state index contributed by atoms with van der Waals surface area (Å²) in [4.78, 5) is 16.3. The molecule has 2 heterocycles. The summed E-state index contributed by atoms with van der Waals surface area (Å²) in [5.41, 5.74) is 2.32. The van der Waals surface area contributed by atoms with Crippen molar-refractivity contribution in [2.24, 2.45) is 5.92 Å². The zero-order chi connectivity index (χ0) is 13.1. The summed E-state index contributed by atoms with van der Waals surface area (Å²) in [7, 11) is 0. The van der Waals surface area contributed by atoms with Crippen LogP contribution in [0.4, 0.5) is 11.5 Å². The molecule has 0 bridgehead atoms. The van der Waals surface area contributed by atoms with Crippen LogP contribution in [0.1, 0.15) is 5.56 Å². The van der Waals surface area contributed by atoms with Gasteiger partial charge in [-0.05, 0) is 30.2 Å². The van der Waals surface area contributed by atoms with Gasteiger partial charge in [0.25, 0.3) is 0 Å². The van der Waals surface area contributed by atoms with Crippen LogP contribution in [0.2, 0.25) is 0 Å². The quantitative estimate of drug-likeness (QED) is 0.863. The Balaban J connectivity index is 1.70. The van der Waals surface area contributed by atoms with Gasteiger partial charge in [0, 0.05) is 18.4 Å². The van der Waals surface area contributed by atoms with E-state index >= 15 is 0 Å². The maximum atomic E-state index is 12.2. The van der Waals surface area contributed by atoms with Crippen molar-refractivity contribution in [2.75, 3.05) is 17.2 Å². The highest BCUT2D eigenvalue weighted by Gasteiger charge is 2.24. The molecule has 0 saturated heterocycles.